The third kappa shape index (κ3) is 5.93. The van der Waals surface area contributed by atoms with Crippen LogP contribution in [0.1, 0.15) is 18.1 Å². The van der Waals surface area contributed by atoms with Crippen LogP contribution in [0.2, 0.25) is 0 Å². The number of benzene rings is 1. The highest BCUT2D eigenvalue weighted by molar-refractivity contribution is 7.84. The third-order valence-corrected chi connectivity index (χ3v) is 3.49. The minimum Gasteiger partial charge on any atom is -0.481 e. The first kappa shape index (κ1) is 14.9. The monoisotopic (exact) mass is 269 g/mol. The zero-order valence-corrected chi connectivity index (χ0v) is 11.5. The molecule has 1 aromatic rings. The lowest BCUT2D eigenvalue weighted by molar-refractivity contribution is -0.136. The zero-order chi connectivity index (χ0) is 13.5. The van der Waals surface area contributed by atoms with Crippen molar-refractivity contribution in [3.63, 3.8) is 0 Å². The van der Waals surface area contributed by atoms with E-state index in [2.05, 4.69) is 5.32 Å². The molecule has 0 saturated carbocycles. The molecule has 2 unspecified atom stereocenters. The number of rotatable bonds is 7. The van der Waals surface area contributed by atoms with Gasteiger partial charge in [-0.3, -0.25) is 9.00 Å². The first-order chi connectivity index (χ1) is 8.47. The van der Waals surface area contributed by atoms with Gasteiger partial charge in [0.25, 0.3) is 0 Å². The van der Waals surface area contributed by atoms with Crippen LogP contribution >= 0.6 is 0 Å². The highest BCUT2D eigenvalue weighted by Gasteiger charge is 2.04. The molecule has 0 fully saturated rings. The van der Waals surface area contributed by atoms with E-state index in [1.54, 1.807) is 6.26 Å². The van der Waals surface area contributed by atoms with Crippen LogP contribution in [0.4, 0.5) is 0 Å². The average molecular weight is 269 g/mol. The second-order valence-corrected chi connectivity index (χ2v) is 5.89. The standard InChI is InChI=1S/C13H19NO3S/c1-10(9-18(2)17)14-8-12-5-3-11(4-6-12)7-13(15)16/h3-6,10,14H,7-9H2,1-2H3,(H,15,16). The molecule has 1 aromatic carbocycles. The van der Waals surface area contributed by atoms with E-state index in [1.807, 2.05) is 31.2 Å². The van der Waals surface area contributed by atoms with Crippen molar-refractivity contribution in [2.45, 2.75) is 25.9 Å². The largest absolute Gasteiger partial charge is 0.481 e. The summed E-state index contributed by atoms with van der Waals surface area (Å²) in [6.07, 6.45) is 1.75. The van der Waals surface area contributed by atoms with Gasteiger partial charge in [0, 0.05) is 35.4 Å². The van der Waals surface area contributed by atoms with E-state index in [4.69, 9.17) is 5.11 Å². The fourth-order valence-corrected chi connectivity index (χ4v) is 2.47. The molecular formula is C13H19NO3S. The molecule has 4 nitrogen and oxygen atoms in total. The minimum absolute atomic E-state index is 0.0545. The molecule has 100 valence electrons. The Hall–Kier alpha value is -1.20. The number of hydrogen-bond donors (Lipinski definition) is 2. The number of nitrogens with one attached hydrogen (secondary N) is 1. The first-order valence-electron chi connectivity index (χ1n) is 5.80. The summed E-state index contributed by atoms with van der Waals surface area (Å²) in [6, 6.07) is 7.69. The number of hydrogen-bond acceptors (Lipinski definition) is 3. The smallest absolute Gasteiger partial charge is 0.307 e. The van der Waals surface area contributed by atoms with Gasteiger partial charge in [-0.15, -0.1) is 0 Å². The van der Waals surface area contributed by atoms with Gasteiger partial charge in [-0.1, -0.05) is 24.3 Å². The Morgan fingerprint density at radius 3 is 2.39 bits per heavy atom. The van der Waals surface area contributed by atoms with Gasteiger partial charge in [0.2, 0.25) is 0 Å². The van der Waals surface area contributed by atoms with Crippen molar-refractivity contribution >= 4 is 16.8 Å². The van der Waals surface area contributed by atoms with Gasteiger partial charge in [0.05, 0.1) is 6.42 Å². The van der Waals surface area contributed by atoms with Crippen molar-refractivity contribution < 1.29 is 14.1 Å². The zero-order valence-electron chi connectivity index (χ0n) is 10.7. The fraction of sp³-hybridized carbons (Fsp3) is 0.462. The van der Waals surface area contributed by atoms with Crippen LogP contribution in [0.25, 0.3) is 0 Å². The average Bonchev–Trinajstić information content (AvgIpc) is 2.26. The summed E-state index contributed by atoms with van der Waals surface area (Å²) in [5, 5.41) is 11.9. The summed E-state index contributed by atoms with van der Waals surface area (Å²) in [5.41, 5.74) is 1.90. The van der Waals surface area contributed by atoms with E-state index >= 15 is 0 Å². The number of carboxylic acids is 1. The maximum Gasteiger partial charge on any atom is 0.307 e. The van der Waals surface area contributed by atoms with Crippen molar-refractivity contribution in [3.8, 4) is 0 Å². The third-order valence-electron chi connectivity index (χ3n) is 2.52. The van der Waals surface area contributed by atoms with Gasteiger partial charge in [-0.25, -0.2) is 0 Å². The first-order valence-corrected chi connectivity index (χ1v) is 7.53. The Morgan fingerprint density at radius 2 is 1.89 bits per heavy atom. The maximum absolute atomic E-state index is 11.0. The summed E-state index contributed by atoms with van der Waals surface area (Å²) in [6.45, 7) is 2.70. The van der Waals surface area contributed by atoms with Crippen LogP contribution in [0.15, 0.2) is 24.3 Å². The quantitative estimate of drug-likeness (QED) is 0.780. The number of aliphatic carboxylic acids is 1. The molecule has 5 heteroatoms. The predicted molar refractivity (Wildman–Crippen MR) is 73.0 cm³/mol. The van der Waals surface area contributed by atoms with Crippen molar-refractivity contribution in [2.75, 3.05) is 12.0 Å². The van der Waals surface area contributed by atoms with E-state index in [1.165, 1.54) is 0 Å². The second-order valence-electron chi connectivity index (χ2n) is 4.41. The SMILES string of the molecule is CC(CS(C)=O)NCc1ccc(CC(=O)O)cc1. The Morgan fingerprint density at radius 1 is 1.33 bits per heavy atom. The van der Waals surface area contributed by atoms with Crippen molar-refractivity contribution in [3.05, 3.63) is 35.4 Å². The van der Waals surface area contributed by atoms with E-state index in [0.717, 1.165) is 11.1 Å². The lowest BCUT2D eigenvalue weighted by atomic mass is 10.1. The molecule has 0 aliphatic carbocycles. The van der Waals surface area contributed by atoms with Gasteiger partial charge < -0.3 is 10.4 Å². The van der Waals surface area contributed by atoms with Gasteiger partial charge >= 0.3 is 5.97 Å². The predicted octanol–water partition coefficient (Wildman–Crippen LogP) is 1.17. The molecule has 0 aromatic heterocycles. The maximum atomic E-state index is 11.0. The lowest BCUT2D eigenvalue weighted by Crippen LogP contribution is -2.30. The van der Waals surface area contributed by atoms with Crippen molar-refractivity contribution in [1.29, 1.82) is 0 Å². The number of carboxylic acid groups (broad SMARTS) is 1. The lowest BCUT2D eigenvalue weighted by Gasteiger charge is -2.12. The van der Waals surface area contributed by atoms with Crippen LogP contribution in [-0.2, 0) is 28.6 Å². The second kappa shape index (κ2) is 7.28. The fourth-order valence-electron chi connectivity index (χ4n) is 1.65. The molecule has 1 rings (SSSR count). The molecule has 18 heavy (non-hydrogen) atoms. The number of carbonyl (C=O) groups is 1. The molecule has 0 saturated heterocycles. The molecule has 0 radical (unpaired) electrons. The van der Waals surface area contributed by atoms with E-state index in [-0.39, 0.29) is 12.5 Å². The summed E-state index contributed by atoms with van der Waals surface area (Å²) in [7, 11) is -0.792. The minimum atomic E-state index is -0.820. The van der Waals surface area contributed by atoms with Gasteiger partial charge in [-0.2, -0.15) is 0 Å². The summed E-state index contributed by atoms with van der Waals surface area (Å²) < 4.78 is 11.0. The molecule has 0 heterocycles. The van der Waals surface area contributed by atoms with E-state index in [9.17, 15) is 9.00 Å². The molecule has 0 aliphatic rings. The highest BCUT2D eigenvalue weighted by atomic mass is 32.2. The van der Waals surface area contributed by atoms with Gasteiger partial charge in [0.1, 0.15) is 0 Å². The highest BCUT2D eigenvalue weighted by Crippen LogP contribution is 2.05. The summed E-state index contributed by atoms with van der Waals surface area (Å²) >= 11 is 0. The van der Waals surface area contributed by atoms with E-state index in [0.29, 0.717) is 12.3 Å². The van der Waals surface area contributed by atoms with Gasteiger partial charge in [-0.05, 0) is 18.1 Å². The molecule has 0 bridgehead atoms. The van der Waals surface area contributed by atoms with Crippen LogP contribution in [0, 0.1) is 0 Å². The van der Waals surface area contributed by atoms with Crippen LogP contribution in [0.3, 0.4) is 0 Å². The van der Waals surface area contributed by atoms with Crippen LogP contribution in [0.5, 0.6) is 0 Å². The Balaban J connectivity index is 2.43. The molecular weight excluding hydrogens is 250 g/mol. The van der Waals surface area contributed by atoms with Gasteiger partial charge in [0.15, 0.2) is 0 Å². The van der Waals surface area contributed by atoms with Crippen molar-refractivity contribution in [2.24, 2.45) is 0 Å². The molecule has 2 atom stereocenters. The van der Waals surface area contributed by atoms with Crippen molar-refractivity contribution in [1.82, 2.24) is 5.32 Å². The molecule has 0 aliphatic heterocycles. The molecule has 0 amide bonds. The van der Waals surface area contributed by atoms with E-state index < -0.39 is 16.8 Å². The summed E-state index contributed by atoms with van der Waals surface area (Å²) in [5.74, 6) is -0.184. The Bertz CT molecular complexity index is 417. The summed E-state index contributed by atoms with van der Waals surface area (Å²) in [4.78, 5) is 10.5. The normalized spacial score (nSPS) is 14.1. The Kier molecular flexibility index (Phi) is 6.01. The molecule has 2 N–H and O–H groups in total. The van der Waals surface area contributed by atoms with Crippen LogP contribution in [-0.4, -0.2) is 33.3 Å². The topological polar surface area (TPSA) is 66.4 Å². The molecule has 0 spiro atoms. The van der Waals surface area contributed by atoms with Crippen LogP contribution < -0.4 is 5.32 Å². The Labute approximate surface area is 110 Å².